The number of rotatable bonds is 6. The van der Waals surface area contributed by atoms with E-state index >= 15 is 0 Å². The molecule has 0 saturated heterocycles. The number of carboxylic acids is 1. The number of carbonyl (C=O) groups is 2. The summed E-state index contributed by atoms with van der Waals surface area (Å²) in [6, 6.07) is 4.89. The Labute approximate surface area is 123 Å². The van der Waals surface area contributed by atoms with Crippen LogP contribution in [-0.4, -0.2) is 30.3 Å². The highest BCUT2D eigenvalue weighted by molar-refractivity contribution is 5.95. The number of aliphatic carboxylic acids is 1. The maximum Gasteiger partial charge on any atom is 0.311 e. The normalized spacial score (nSPS) is 13.0. The first-order chi connectivity index (χ1) is 10.0. The van der Waals surface area contributed by atoms with Gasteiger partial charge in [-0.25, -0.2) is 0 Å². The second-order valence-electron chi connectivity index (χ2n) is 5.04. The smallest absolute Gasteiger partial charge is 0.311 e. The van der Waals surface area contributed by atoms with Gasteiger partial charge in [0.05, 0.1) is 5.41 Å². The van der Waals surface area contributed by atoms with Crippen LogP contribution in [0.1, 0.15) is 37.0 Å². The van der Waals surface area contributed by atoms with E-state index in [4.69, 9.17) is 9.47 Å². The minimum absolute atomic E-state index is 0.0998. The minimum atomic E-state index is -0.925. The molecule has 1 amide bonds. The SMILES string of the molecule is CCC(CC)(CNC(=O)c1ccc2c(c1)OCO2)C(=O)O. The van der Waals surface area contributed by atoms with Crippen molar-refractivity contribution in [2.75, 3.05) is 13.3 Å². The lowest BCUT2D eigenvalue weighted by Gasteiger charge is -2.26. The monoisotopic (exact) mass is 293 g/mol. The maximum atomic E-state index is 12.1. The molecule has 2 N–H and O–H groups in total. The zero-order valence-electron chi connectivity index (χ0n) is 12.1. The highest BCUT2D eigenvalue weighted by Crippen LogP contribution is 2.32. The Morgan fingerprint density at radius 3 is 2.52 bits per heavy atom. The fraction of sp³-hybridized carbons (Fsp3) is 0.467. The summed E-state index contributed by atoms with van der Waals surface area (Å²) in [5, 5.41) is 12.0. The van der Waals surface area contributed by atoms with Crippen LogP contribution in [0.4, 0.5) is 0 Å². The lowest BCUT2D eigenvalue weighted by Crippen LogP contribution is -2.42. The first kappa shape index (κ1) is 15.2. The van der Waals surface area contributed by atoms with Crippen molar-refractivity contribution in [3.63, 3.8) is 0 Å². The van der Waals surface area contributed by atoms with Crippen molar-refractivity contribution in [3.8, 4) is 11.5 Å². The van der Waals surface area contributed by atoms with Gasteiger partial charge >= 0.3 is 5.97 Å². The van der Waals surface area contributed by atoms with E-state index in [9.17, 15) is 14.7 Å². The molecule has 0 saturated carbocycles. The predicted octanol–water partition coefficient (Wildman–Crippen LogP) is 2.04. The second-order valence-corrected chi connectivity index (χ2v) is 5.04. The summed E-state index contributed by atoms with van der Waals surface area (Å²) in [6.45, 7) is 3.87. The molecule has 114 valence electrons. The average molecular weight is 293 g/mol. The molecule has 0 radical (unpaired) electrons. The van der Waals surface area contributed by atoms with Gasteiger partial charge in [0.25, 0.3) is 5.91 Å². The van der Waals surface area contributed by atoms with Crippen LogP contribution in [0.15, 0.2) is 18.2 Å². The third-order valence-electron chi connectivity index (χ3n) is 4.03. The zero-order valence-corrected chi connectivity index (χ0v) is 12.1. The molecule has 1 aromatic rings. The molecular weight excluding hydrogens is 274 g/mol. The summed E-state index contributed by atoms with van der Waals surface area (Å²) >= 11 is 0. The maximum absolute atomic E-state index is 12.1. The summed E-state index contributed by atoms with van der Waals surface area (Å²) in [6.07, 6.45) is 0.917. The number of ether oxygens (including phenoxy) is 2. The van der Waals surface area contributed by atoms with Gasteiger partial charge < -0.3 is 19.9 Å². The summed E-state index contributed by atoms with van der Waals surface area (Å²) in [7, 11) is 0. The molecule has 21 heavy (non-hydrogen) atoms. The third kappa shape index (κ3) is 2.94. The van der Waals surface area contributed by atoms with Crippen LogP contribution in [0.5, 0.6) is 11.5 Å². The molecule has 2 rings (SSSR count). The molecule has 0 fully saturated rings. The average Bonchev–Trinajstić information content (AvgIpc) is 2.95. The number of nitrogens with one attached hydrogen (secondary N) is 1. The fourth-order valence-corrected chi connectivity index (χ4v) is 2.27. The van der Waals surface area contributed by atoms with Crippen LogP contribution in [0.3, 0.4) is 0 Å². The number of benzene rings is 1. The van der Waals surface area contributed by atoms with Crippen LogP contribution >= 0.6 is 0 Å². The van der Waals surface area contributed by atoms with Gasteiger partial charge in [-0.3, -0.25) is 9.59 Å². The van der Waals surface area contributed by atoms with Crippen LogP contribution in [0.25, 0.3) is 0 Å². The molecule has 1 aliphatic rings. The van der Waals surface area contributed by atoms with E-state index in [0.29, 0.717) is 29.9 Å². The molecule has 0 aromatic heterocycles. The van der Waals surface area contributed by atoms with Crippen molar-refractivity contribution in [2.24, 2.45) is 5.41 Å². The van der Waals surface area contributed by atoms with Gasteiger partial charge in [0.1, 0.15) is 0 Å². The molecule has 0 bridgehead atoms. The van der Waals surface area contributed by atoms with Gasteiger partial charge in [-0.1, -0.05) is 13.8 Å². The molecule has 0 unspecified atom stereocenters. The number of carboxylic acid groups (broad SMARTS) is 1. The summed E-state index contributed by atoms with van der Waals surface area (Å²) in [5.41, 5.74) is -0.503. The molecule has 0 aliphatic carbocycles. The van der Waals surface area contributed by atoms with Crippen LogP contribution in [0, 0.1) is 5.41 Å². The van der Waals surface area contributed by atoms with Gasteiger partial charge in [0.15, 0.2) is 11.5 Å². The van der Waals surface area contributed by atoms with Crippen LogP contribution < -0.4 is 14.8 Å². The van der Waals surface area contributed by atoms with Gasteiger partial charge in [-0.05, 0) is 31.0 Å². The molecule has 0 atom stereocenters. The number of carbonyl (C=O) groups excluding carboxylic acids is 1. The fourth-order valence-electron chi connectivity index (χ4n) is 2.27. The Bertz CT molecular complexity index is 551. The Morgan fingerprint density at radius 2 is 1.90 bits per heavy atom. The number of amides is 1. The molecule has 1 aliphatic heterocycles. The molecule has 1 heterocycles. The van der Waals surface area contributed by atoms with E-state index < -0.39 is 11.4 Å². The molecule has 1 aromatic carbocycles. The number of hydrogen-bond donors (Lipinski definition) is 2. The van der Waals surface area contributed by atoms with E-state index in [-0.39, 0.29) is 19.2 Å². The Kier molecular flexibility index (Phi) is 4.35. The van der Waals surface area contributed by atoms with E-state index in [2.05, 4.69) is 5.32 Å². The van der Waals surface area contributed by atoms with Crippen molar-refractivity contribution in [3.05, 3.63) is 23.8 Å². The first-order valence-electron chi connectivity index (χ1n) is 6.93. The van der Waals surface area contributed by atoms with Crippen LogP contribution in [0.2, 0.25) is 0 Å². The van der Waals surface area contributed by atoms with Crippen LogP contribution in [-0.2, 0) is 4.79 Å². The lowest BCUT2D eigenvalue weighted by atomic mass is 9.82. The molecule has 6 nitrogen and oxygen atoms in total. The minimum Gasteiger partial charge on any atom is -0.481 e. The standard InChI is InChI=1S/C15H19NO5/c1-3-15(4-2,14(18)19)8-16-13(17)10-5-6-11-12(7-10)21-9-20-11/h5-7H,3-4,8-9H2,1-2H3,(H,16,17)(H,18,19). The Hall–Kier alpha value is -2.24. The summed E-state index contributed by atoms with van der Waals surface area (Å²) in [4.78, 5) is 23.5. The largest absolute Gasteiger partial charge is 0.481 e. The zero-order chi connectivity index (χ0) is 15.5. The van der Waals surface area contributed by atoms with Crippen molar-refractivity contribution in [2.45, 2.75) is 26.7 Å². The van der Waals surface area contributed by atoms with Crippen molar-refractivity contribution >= 4 is 11.9 Å². The predicted molar refractivity (Wildman–Crippen MR) is 75.5 cm³/mol. The summed E-state index contributed by atoms with van der Waals surface area (Å²) < 4.78 is 10.4. The molecule has 6 heteroatoms. The van der Waals surface area contributed by atoms with E-state index in [1.54, 1.807) is 18.2 Å². The second kappa shape index (κ2) is 6.03. The highest BCUT2D eigenvalue weighted by atomic mass is 16.7. The molecule has 0 spiro atoms. The highest BCUT2D eigenvalue weighted by Gasteiger charge is 2.35. The Balaban J connectivity index is 2.06. The molecular formula is C15H19NO5. The van der Waals surface area contributed by atoms with E-state index in [1.165, 1.54) is 0 Å². The van der Waals surface area contributed by atoms with Crippen molar-refractivity contribution < 1.29 is 24.2 Å². The van der Waals surface area contributed by atoms with Crippen molar-refractivity contribution in [1.29, 1.82) is 0 Å². The first-order valence-corrected chi connectivity index (χ1v) is 6.93. The number of hydrogen-bond acceptors (Lipinski definition) is 4. The van der Waals surface area contributed by atoms with Crippen molar-refractivity contribution in [1.82, 2.24) is 5.32 Å². The topological polar surface area (TPSA) is 84.9 Å². The number of fused-ring (bicyclic) bond motifs is 1. The quantitative estimate of drug-likeness (QED) is 0.838. The van der Waals surface area contributed by atoms with Gasteiger partial charge in [0.2, 0.25) is 6.79 Å². The van der Waals surface area contributed by atoms with Gasteiger partial charge in [-0.15, -0.1) is 0 Å². The van der Waals surface area contributed by atoms with Gasteiger partial charge in [0, 0.05) is 12.1 Å². The third-order valence-corrected chi connectivity index (χ3v) is 4.03. The lowest BCUT2D eigenvalue weighted by molar-refractivity contribution is -0.149. The van der Waals surface area contributed by atoms with E-state index in [1.807, 2.05) is 13.8 Å². The Morgan fingerprint density at radius 1 is 1.24 bits per heavy atom. The van der Waals surface area contributed by atoms with Gasteiger partial charge in [-0.2, -0.15) is 0 Å². The van der Waals surface area contributed by atoms with E-state index in [0.717, 1.165) is 0 Å². The summed E-state index contributed by atoms with van der Waals surface area (Å²) in [5.74, 6) is -0.0778.